The molecule has 1 aliphatic heterocycles. The molecule has 1 fully saturated rings. The summed E-state index contributed by atoms with van der Waals surface area (Å²) in [6, 6.07) is 0.553. The Labute approximate surface area is 107 Å². The fourth-order valence-corrected chi connectivity index (χ4v) is 3.07. The van der Waals surface area contributed by atoms with Crippen LogP contribution in [0.25, 0.3) is 0 Å². The number of rotatable bonds is 4. The zero-order chi connectivity index (χ0) is 13.2. The maximum absolute atomic E-state index is 11.2. The molecule has 1 aromatic rings. The monoisotopic (exact) mass is 272 g/mol. The lowest BCUT2D eigenvalue weighted by atomic mass is 9.98. The Bertz CT molecular complexity index is 497. The Balaban J connectivity index is 1.92. The fraction of sp³-hybridized carbons (Fsp3) is 0.727. The first-order valence-corrected chi connectivity index (χ1v) is 8.21. The normalized spacial score (nSPS) is 25.2. The molecule has 0 amide bonds. The second kappa shape index (κ2) is 5.27. The van der Waals surface area contributed by atoms with E-state index in [9.17, 15) is 8.42 Å². The molecule has 0 radical (unpaired) electrons. The van der Waals surface area contributed by atoms with Crippen molar-refractivity contribution in [2.45, 2.75) is 31.3 Å². The lowest BCUT2D eigenvalue weighted by Crippen LogP contribution is -2.40. The quantitative estimate of drug-likeness (QED) is 0.817. The average molecular weight is 272 g/mol. The van der Waals surface area contributed by atoms with Gasteiger partial charge in [0.25, 0.3) is 0 Å². The molecule has 0 saturated carbocycles. The first-order chi connectivity index (χ1) is 8.44. The molecule has 0 aliphatic carbocycles. The first-order valence-electron chi connectivity index (χ1n) is 6.15. The smallest absolute Gasteiger partial charge is 0.147 e. The number of aromatic nitrogens is 2. The minimum Gasteiger partial charge on any atom is -0.396 e. The molecule has 18 heavy (non-hydrogen) atoms. The van der Waals surface area contributed by atoms with Gasteiger partial charge < -0.3 is 11.1 Å². The summed E-state index contributed by atoms with van der Waals surface area (Å²) in [5.41, 5.74) is 6.33. The highest BCUT2D eigenvalue weighted by Gasteiger charge is 2.23. The van der Waals surface area contributed by atoms with Gasteiger partial charge in [0.2, 0.25) is 0 Å². The van der Waals surface area contributed by atoms with Crippen molar-refractivity contribution in [1.82, 2.24) is 15.1 Å². The largest absolute Gasteiger partial charge is 0.396 e. The summed E-state index contributed by atoms with van der Waals surface area (Å²) in [4.78, 5) is 0. The van der Waals surface area contributed by atoms with Crippen LogP contribution in [-0.4, -0.2) is 42.8 Å². The minimum absolute atomic E-state index is 0.235. The van der Waals surface area contributed by atoms with Gasteiger partial charge >= 0.3 is 0 Å². The summed E-state index contributed by atoms with van der Waals surface area (Å²) in [5.74, 6) is 0.235. The SMILES string of the molecule is CS(=O)(=O)CCC1CC(n2cc(N)cn2)CCN1. The number of anilines is 1. The molecule has 102 valence electrons. The third-order valence-corrected chi connectivity index (χ3v) is 4.28. The predicted molar refractivity (Wildman–Crippen MR) is 71.0 cm³/mol. The lowest BCUT2D eigenvalue weighted by molar-refractivity contribution is 0.280. The Morgan fingerprint density at radius 2 is 2.39 bits per heavy atom. The van der Waals surface area contributed by atoms with Gasteiger partial charge in [-0.3, -0.25) is 4.68 Å². The zero-order valence-corrected chi connectivity index (χ0v) is 11.4. The maximum atomic E-state index is 11.2. The molecule has 0 spiro atoms. The molecule has 2 rings (SSSR count). The van der Waals surface area contributed by atoms with Crippen LogP contribution >= 0.6 is 0 Å². The molecule has 1 aromatic heterocycles. The predicted octanol–water partition coefficient (Wildman–Crippen LogP) is 0.193. The number of hydrogen-bond donors (Lipinski definition) is 2. The van der Waals surface area contributed by atoms with Gasteiger partial charge in [-0.1, -0.05) is 0 Å². The average Bonchev–Trinajstić information content (AvgIpc) is 2.73. The number of nitrogen functional groups attached to an aromatic ring is 1. The summed E-state index contributed by atoms with van der Waals surface area (Å²) < 4.78 is 24.2. The van der Waals surface area contributed by atoms with Crippen molar-refractivity contribution in [3.05, 3.63) is 12.4 Å². The highest BCUT2D eigenvalue weighted by molar-refractivity contribution is 7.90. The summed E-state index contributed by atoms with van der Waals surface area (Å²) >= 11 is 0. The van der Waals surface area contributed by atoms with E-state index in [1.807, 2.05) is 10.9 Å². The molecule has 2 heterocycles. The third kappa shape index (κ3) is 3.71. The van der Waals surface area contributed by atoms with E-state index in [0.717, 1.165) is 19.4 Å². The van der Waals surface area contributed by atoms with E-state index >= 15 is 0 Å². The zero-order valence-electron chi connectivity index (χ0n) is 10.5. The molecule has 0 aromatic carbocycles. The van der Waals surface area contributed by atoms with Crippen LogP contribution in [0.2, 0.25) is 0 Å². The minimum atomic E-state index is -2.88. The van der Waals surface area contributed by atoms with Crippen LogP contribution in [-0.2, 0) is 9.84 Å². The summed E-state index contributed by atoms with van der Waals surface area (Å²) in [6.45, 7) is 0.888. The van der Waals surface area contributed by atoms with Gasteiger partial charge in [0.05, 0.1) is 23.7 Å². The van der Waals surface area contributed by atoms with Crippen molar-refractivity contribution >= 4 is 15.5 Å². The van der Waals surface area contributed by atoms with Gasteiger partial charge in [0.15, 0.2) is 0 Å². The molecule has 7 heteroatoms. The van der Waals surface area contributed by atoms with E-state index in [-0.39, 0.29) is 11.8 Å². The summed E-state index contributed by atoms with van der Waals surface area (Å²) in [7, 11) is -2.88. The van der Waals surface area contributed by atoms with Gasteiger partial charge in [-0.25, -0.2) is 8.42 Å². The number of nitrogens with zero attached hydrogens (tertiary/aromatic N) is 2. The van der Waals surface area contributed by atoms with Gasteiger partial charge in [-0.05, 0) is 25.8 Å². The highest BCUT2D eigenvalue weighted by atomic mass is 32.2. The van der Waals surface area contributed by atoms with Crippen LogP contribution in [0.5, 0.6) is 0 Å². The van der Waals surface area contributed by atoms with Crippen molar-refractivity contribution in [2.75, 3.05) is 24.3 Å². The van der Waals surface area contributed by atoms with Crippen molar-refractivity contribution in [3.63, 3.8) is 0 Å². The van der Waals surface area contributed by atoms with Crippen LogP contribution in [0, 0.1) is 0 Å². The molecule has 1 saturated heterocycles. The van der Waals surface area contributed by atoms with E-state index in [1.165, 1.54) is 6.26 Å². The van der Waals surface area contributed by atoms with Crippen LogP contribution in [0.1, 0.15) is 25.3 Å². The maximum Gasteiger partial charge on any atom is 0.147 e. The van der Waals surface area contributed by atoms with E-state index in [2.05, 4.69) is 10.4 Å². The van der Waals surface area contributed by atoms with Crippen molar-refractivity contribution in [2.24, 2.45) is 0 Å². The van der Waals surface area contributed by atoms with Crippen molar-refractivity contribution < 1.29 is 8.42 Å². The van der Waals surface area contributed by atoms with Gasteiger partial charge in [-0.2, -0.15) is 5.10 Å². The van der Waals surface area contributed by atoms with Crippen LogP contribution < -0.4 is 11.1 Å². The van der Waals surface area contributed by atoms with E-state index in [0.29, 0.717) is 18.2 Å². The second-order valence-electron chi connectivity index (χ2n) is 5.00. The van der Waals surface area contributed by atoms with Gasteiger partial charge in [0, 0.05) is 18.5 Å². The van der Waals surface area contributed by atoms with Gasteiger partial charge in [0.1, 0.15) is 9.84 Å². The molecular formula is C11H20N4O2S. The third-order valence-electron chi connectivity index (χ3n) is 3.30. The van der Waals surface area contributed by atoms with Crippen molar-refractivity contribution in [3.8, 4) is 0 Å². The Hall–Kier alpha value is -1.08. The molecule has 6 nitrogen and oxygen atoms in total. The Morgan fingerprint density at radius 1 is 1.61 bits per heavy atom. The van der Waals surface area contributed by atoms with Crippen molar-refractivity contribution in [1.29, 1.82) is 0 Å². The summed E-state index contributed by atoms with van der Waals surface area (Å²) in [6.07, 6.45) is 7.32. The number of nitrogens with one attached hydrogen (secondary N) is 1. The van der Waals surface area contributed by atoms with E-state index < -0.39 is 9.84 Å². The molecule has 3 N–H and O–H groups in total. The van der Waals surface area contributed by atoms with Crippen LogP contribution in [0.15, 0.2) is 12.4 Å². The van der Waals surface area contributed by atoms with E-state index in [1.54, 1.807) is 6.20 Å². The lowest BCUT2D eigenvalue weighted by Gasteiger charge is -2.30. The number of hydrogen-bond acceptors (Lipinski definition) is 5. The Morgan fingerprint density at radius 3 is 3.00 bits per heavy atom. The fourth-order valence-electron chi connectivity index (χ4n) is 2.35. The molecule has 1 aliphatic rings. The number of nitrogens with two attached hydrogens (primary N) is 1. The molecular weight excluding hydrogens is 252 g/mol. The highest BCUT2D eigenvalue weighted by Crippen LogP contribution is 2.23. The Kier molecular flexibility index (Phi) is 3.91. The standard InChI is InChI=1S/C11H20N4O2S/c1-18(16,17)5-3-10-6-11(2-4-13-10)15-8-9(12)7-14-15/h7-8,10-11,13H,2-6,12H2,1H3. The molecule has 2 unspecified atom stereocenters. The topological polar surface area (TPSA) is 90.0 Å². The van der Waals surface area contributed by atoms with Crippen LogP contribution in [0.3, 0.4) is 0 Å². The number of piperidine rings is 1. The first kappa shape index (κ1) is 13.4. The van der Waals surface area contributed by atoms with Crippen LogP contribution in [0.4, 0.5) is 5.69 Å². The molecule has 0 bridgehead atoms. The van der Waals surface area contributed by atoms with E-state index in [4.69, 9.17) is 5.73 Å². The number of sulfone groups is 1. The summed E-state index contributed by atoms with van der Waals surface area (Å²) in [5, 5.41) is 7.59. The molecule has 2 atom stereocenters. The second-order valence-corrected chi connectivity index (χ2v) is 7.26. The van der Waals surface area contributed by atoms with Gasteiger partial charge in [-0.15, -0.1) is 0 Å².